The molecule has 0 atom stereocenters. The third kappa shape index (κ3) is 2.54. The van der Waals surface area contributed by atoms with Gasteiger partial charge in [-0.25, -0.2) is 0 Å². The molecule has 0 fully saturated rings. The Kier molecular flexibility index (Phi) is 2.38. The van der Waals surface area contributed by atoms with Crippen molar-refractivity contribution in [1.82, 2.24) is 5.16 Å². The fourth-order valence-corrected chi connectivity index (χ4v) is 0.923. The summed E-state index contributed by atoms with van der Waals surface area (Å²) in [6, 6.07) is 1.74. The van der Waals surface area contributed by atoms with Crippen molar-refractivity contribution in [3.63, 3.8) is 0 Å². The van der Waals surface area contributed by atoms with Crippen molar-refractivity contribution in [3.8, 4) is 5.88 Å². The van der Waals surface area contributed by atoms with Gasteiger partial charge in [-0.05, 0) is 19.0 Å². The number of ether oxygens (including phenoxy) is 1. The second-order valence-electron chi connectivity index (χ2n) is 3.50. The lowest BCUT2D eigenvalue weighted by molar-refractivity contribution is 0.316. The molecule has 0 aliphatic heterocycles. The minimum Gasteiger partial charge on any atom is -0.479 e. The third-order valence-electron chi connectivity index (χ3n) is 1.38. The minimum atomic E-state index is -0.273. The van der Waals surface area contributed by atoms with Gasteiger partial charge in [-0.2, -0.15) is 0 Å². The molecule has 1 aromatic heterocycles. The van der Waals surface area contributed by atoms with Crippen molar-refractivity contribution in [2.75, 3.05) is 7.11 Å². The van der Waals surface area contributed by atoms with Crippen LogP contribution in [-0.2, 0) is 6.42 Å². The van der Waals surface area contributed by atoms with Gasteiger partial charge in [0, 0.05) is 18.0 Å². The van der Waals surface area contributed by atoms with Crippen LogP contribution in [0.15, 0.2) is 10.6 Å². The Balaban J connectivity index is 2.64. The first kappa shape index (κ1) is 9.06. The van der Waals surface area contributed by atoms with Crippen molar-refractivity contribution in [1.29, 1.82) is 0 Å². The normalized spacial score (nSPS) is 11.7. The molecule has 4 heteroatoms. The van der Waals surface area contributed by atoms with Crippen molar-refractivity contribution in [2.24, 2.45) is 5.73 Å². The van der Waals surface area contributed by atoms with E-state index in [2.05, 4.69) is 5.16 Å². The Bertz CT molecular complexity index is 250. The van der Waals surface area contributed by atoms with Gasteiger partial charge in [0.1, 0.15) is 5.76 Å². The maximum absolute atomic E-state index is 5.79. The number of nitrogens with two attached hydrogens (primary N) is 1. The summed E-state index contributed by atoms with van der Waals surface area (Å²) in [6.07, 6.45) is 0.656. The molecule has 1 aromatic rings. The average molecular weight is 170 g/mol. The van der Waals surface area contributed by atoms with Gasteiger partial charge in [-0.3, -0.25) is 0 Å². The Hall–Kier alpha value is -1.03. The zero-order valence-corrected chi connectivity index (χ0v) is 7.63. The quantitative estimate of drug-likeness (QED) is 0.734. The maximum Gasteiger partial charge on any atom is 0.254 e. The highest BCUT2D eigenvalue weighted by molar-refractivity contribution is 5.12. The van der Waals surface area contributed by atoms with E-state index in [1.54, 1.807) is 13.2 Å². The Morgan fingerprint density at radius 3 is 2.75 bits per heavy atom. The Labute approximate surface area is 71.7 Å². The van der Waals surface area contributed by atoms with E-state index < -0.39 is 0 Å². The molecule has 0 amide bonds. The van der Waals surface area contributed by atoms with E-state index in [0.717, 1.165) is 5.76 Å². The predicted octanol–water partition coefficient (Wildman–Crippen LogP) is 0.963. The van der Waals surface area contributed by atoms with E-state index >= 15 is 0 Å². The lowest BCUT2D eigenvalue weighted by Crippen LogP contribution is -2.34. The van der Waals surface area contributed by atoms with Crippen molar-refractivity contribution in [3.05, 3.63) is 11.8 Å². The number of hydrogen-bond donors (Lipinski definition) is 1. The number of rotatable bonds is 3. The number of aromatic nitrogens is 1. The van der Waals surface area contributed by atoms with E-state index in [1.807, 2.05) is 13.8 Å². The number of methoxy groups -OCH3 is 1. The molecule has 68 valence electrons. The highest BCUT2D eigenvalue weighted by Crippen LogP contribution is 2.15. The monoisotopic (exact) mass is 170 g/mol. The third-order valence-corrected chi connectivity index (χ3v) is 1.38. The van der Waals surface area contributed by atoms with Crippen LogP contribution < -0.4 is 10.5 Å². The first-order chi connectivity index (χ1) is 5.51. The van der Waals surface area contributed by atoms with Gasteiger partial charge in [0.05, 0.1) is 7.11 Å². The van der Waals surface area contributed by atoms with Crippen LogP contribution in [-0.4, -0.2) is 17.8 Å². The SMILES string of the molecule is COc1cc(CC(C)(C)N)on1. The zero-order chi connectivity index (χ0) is 9.19. The van der Waals surface area contributed by atoms with E-state index in [-0.39, 0.29) is 5.54 Å². The molecular formula is C8H14N2O2. The molecule has 4 nitrogen and oxygen atoms in total. The molecule has 0 bridgehead atoms. The molecule has 0 saturated carbocycles. The second kappa shape index (κ2) is 3.15. The molecular weight excluding hydrogens is 156 g/mol. The van der Waals surface area contributed by atoms with Crippen LogP contribution in [0.25, 0.3) is 0 Å². The summed E-state index contributed by atoms with van der Waals surface area (Å²) < 4.78 is 9.84. The maximum atomic E-state index is 5.79. The van der Waals surface area contributed by atoms with E-state index in [9.17, 15) is 0 Å². The van der Waals surface area contributed by atoms with Crippen LogP contribution in [0.4, 0.5) is 0 Å². The lowest BCUT2D eigenvalue weighted by atomic mass is 10.0. The first-order valence-corrected chi connectivity index (χ1v) is 3.80. The largest absolute Gasteiger partial charge is 0.479 e. The zero-order valence-electron chi connectivity index (χ0n) is 7.63. The van der Waals surface area contributed by atoms with E-state index in [1.165, 1.54) is 0 Å². The molecule has 1 heterocycles. The minimum absolute atomic E-state index is 0.273. The summed E-state index contributed by atoms with van der Waals surface area (Å²) >= 11 is 0. The van der Waals surface area contributed by atoms with Gasteiger partial charge in [0.15, 0.2) is 0 Å². The number of nitrogens with zero attached hydrogens (tertiary/aromatic N) is 1. The summed E-state index contributed by atoms with van der Waals surface area (Å²) in [5.74, 6) is 1.24. The molecule has 0 saturated heterocycles. The summed E-state index contributed by atoms with van der Waals surface area (Å²) in [5.41, 5.74) is 5.52. The standard InChI is InChI=1S/C8H14N2O2/c1-8(2,9)5-6-4-7(11-3)10-12-6/h4H,5,9H2,1-3H3. The highest BCUT2D eigenvalue weighted by Gasteiger charge is 2.15. The molecule has 0 radical (unpaired) electrons. The van der Waals surface area contributed by atoms with Crippen LogP contribution in [0.1, 0.15) is 19.6 Å². The van der Waals surface area contributed by atoms with Gasteiger partial charge in [0.2, 0.25) is 0 Å². The molecule has 2 N–H and O–H groups in total. The predicted molar refractivity (Wildman–Crippen MR) is 45.0 cm³/mol. The van der Waals surface area contributed by atoms with E-state index in [0.29, 0.717) is 12.3 Å². The average Bonchev–Trinajstić information content (AvgIpc) is 2.32. The molecule has 0 unspecified atom stereocenters. The highest BCUT2D eigenvalue weighted by atomic mass is 16.5. The summed E-state index contributed by atoms with van der Waals surface area (Å²) in [5, 5.41) is 3.67. The smallest absolute Gasteiger partial charge is 0.254 e. The number of hydrogen-bond acceptors (Lipinski definition) is 4. The van der Waals surface area contributed by atoms with Crippen molar-refractivity contribution in [2.45, 2.75) is 25.8 Å². The second-order valence-corrected chi connectivity index (χ2v) is 3.50. The van der Waals surface area contributed by atoms with Gasteiger partial charge in [-0.15, -0.1) is 0 Å². The Morgan fingerprint density at radius 2 is 2.33 bits per heavy atom. The fraction of sp³-hybridized carbons (Fsp3) is 0.625. The summed E-state index contributed by atoms with van der Waals surface area (Å²) in [4.78, 5) is 0. The van der Waals surface area contributed by atoms with Crippen molar-refractivity contribution < 1.29 is 9.26 Å². The fourth-order valence-electron chi connectivity index (χ4n) is 0.923. The summed E-state index contributed by atoms with van der Waals surface area (Å²) in [6.45, 7) is 3.87. The van der Waals surface area contributed by atoms with Crippen LogP contribution in [0.5, 0.6) is 5.88 Å². The molecule has 0 aliphatic rings. The van der Waals surface area contributed by atoms with Gasteiger partial charge >= 0.3 is 0 Å². The van der Waals surface area contributed by atoms with Crippen LogP contribution in [0.2, 0.25) is 0 Å². The summed E-state index contributed by atoms with van der Waals surface area (Å²) in [7, 11) is 1.55. The van der Waals surface area contributed by atoms with Crippen molar-refractivity contribution >= 4 is 0 Å². The lowest BCUT2D eigenvalue weighted by Gasteiger charge is -2.14. The molecule has 12 heavy (non-hydrogen) atoms. The van der Waals surface area contributed by atoms with Crippen LogP contribution >= 0.6 is 0 Å². The van der Waals surface area contributed by atoms with Crippen LogP contribution in [0, 0.1) is 0 Å². The van der Waals surface area contributed by atoms with Gasteiger partial charge in [-0.1, -0.05) is 0 Å². The van der Waals surface area contributed by atoms with Gasteiger partial charge in [0.25, 0.3) is 5.88 Å². The first-order valence-electron chi connectivity index (χ1n) is 3.80. The topological polar surface area (TPSA) is 61.3 Å². The molecule has 0 aliphatic carbocycles. The molecule has 0 spiro atoms. The van der Waals surface area contributed by atoms with Gasteiger partial charge < -0.3 is 15.0 Å². The molecule has 1 rings (SSSR count). The Morgan fingerprint density at radius 1 is 1.67 bits per heavy atom. The molecule has 0 aromatic carbocycles. The van der Waals surface area contributed by atoms with E-state index in [4.69, 9.17) is 15.0 Å². The van der Waals surface area contributed by atoms with Crippen LogP contribution in [0.3, 0.4) is 0 Å².